The van der Waals surface area contributed by atoms with E-state index in [1.54, 1.807) is 41.8 Å². The predicted molar refractivity (Wildman–Crippen MR) is 123 cm³/mol. The summed E-state index contributed by atoms with van der Waals surface area (Å²) in [5, 5.41) is 2.78. The highest BCUT2D eigenvalue weighted by atomic mass is 32.2. The fourth-order valence-corrected chi connectivity index (χ4v) is 5.55. The largest absolute Gasteiger partial charge is 0.324 e. The van der Waals surface area contributed by atoms with E-state index in [9.17, 15) is 18.0 Å². The van der Waals surface area contributed by atoms with Crippen molar-refractivity contribution in [1.29, 1.82) is 0 Å². The van der Waals surface area contributed by atoms with Crippen LogP contribution in [0.4, 0.5) is 11.4 Å². The van der Waals surface area contributed by atoms with Crippen LogP contribution in [-0.2, 0) is 27.8 Å². The monoisotopic (exact) mass is 447 g/mol. The third kappa shape index (κ3) is 4.41. The lowest BCUT2D eigenvalue weighted by Gasteiger charge is -2.28. The van der Waals surface area contributed by atoms with E-state index in [2.05, 4.69) is 5.32 Å². The summed E-state index contributed by atoms with van der Waals surface area (Å²) in [5.74, 6) is -0.457. The van der Waals surface area contributed by atoms with Crippen LogP contribution in [0.5, 0.6) is 0 Å². The number of benzene rings is 2. The number of thiazole rings is 1. The Bertz CT molecular complexity index is 1230. The number of fused-ring (bicyclic) bond motifs is 1. The second kappa shape index (κ2) is 8.61. The summed E-state index contributed by atoms with van der Waals surface area (Å²) in [7, 11) is -3.68. The van der Waals surface area contributed by atoms with Crippen LogP contribution in [0, 0.1) is 0 Å². The van der Waals surface area contributed by atoms with E-state index in [1.807, 2.05) is 26.0 Å². The van der Waals surface area contributed by atoms with Crippen LogP contribution in [0.3, 0.4) is 0 Å². The van der Waals surface area contributed by atoms with Crippen molar-refractivity contribution >= 4 is 48.9 Å². The molecule has 0 unspecified atom stereocenters. The molecule has 3 aromatic rings. The average molecular weight is 448 g/mol. The summed E-state index contributed by atoms with van der Waals surface area (Å²) in [6, 6.07) is 11.4. The zero-order chi connectivity index (χ0) is 22.1. The van der Waals surface area contributed by atoms with Gasteiger partial charge in [-0.3, -0.25) is 18.5 Å². The van der Waals surface area contributed by atoms with Crippen molar-refractivity contribution in [2.75, 3.05) is 15.9 Å². The minimum Gasteiger partial charge on any atom is -0.324 e. The highest BCUT2D eigenvalue weighted by molar-refractivity contribution is 7.92. The number of rotatable bonds is 7. The summed E-state index contributed by atoms with van der Waals surface area (Å²) in [6.07, 6.45) is 1.92. The standard InChI is InChI=1S/C21H25N3O4S2/c1-5-15-7-10-17(11-8-15)24(30(4,27)28)14(3)20(25)22-16-9-12-18-19(13-16)29-21(26)23(18)6-2/h7-14H,5-6H2,1-4H3,(H,22,25)/t14-/m0/s1. The van der Waals surface area contributed by atoms with Crippen LogP contribution in [-0.4, -0.2) is 31.2 Å². The van der Waals surface area contributed by atoms with E-state index >= 15 is 0 Å². The molecule has 7 nitrogen and oxygen atoms in total. The van der Waals surface area contributed by atoms with Gasteiger partial charge in [0.25, 0.3) is 0 Å². The van der Waals surface area contributed by atoms with Gasteiger partial charge in [0.15, 0.2) is 0 Å². The first kappa shape index (κ1) is 22.0. The Hall–Kier alpha value is -2.65. The van der Waals surface area contributed by atoms with Gasteiger partial charge < -0.3 is 5.32 Å². The third-order valence-corrected chi connectivity index (χ3v) is 7.12. The van der Waals surface area contributed by atoms with E-state index in [0.29, 0.717) is 17.9 Å². The average Bonchev–Trinajstić information content (AvgIpc) is 3.01. The summed E-state index contributed by atoms with van der Waals surface area (Å²) >= 11 is 1.11. The number of aromatic nitrogens is 1. The molecule has 1 heterocycles. The highest BCUT2D eigenvalue weighted by Gasteiger charge is 2.29. The summed E-state index contributed by atoms with van der Waals surface area (Å²) < 4.78 is 28.4. The predicted octanol–water partition coefficient (Wildman–Crippen LogP) is 3.44. The summed E-state index contributed by atoms with van der Waals surface area (Å²) in [4.78, 5) is 24.9. The first-order chi connectivity index (χ1) is 14.2. The molecule has 3 rings (SSSR count). The molecule has 0 saturated carbocycles. The minimum absolute atomic E-state index is 0.0527. The number of aryl methyl sites for hydroxylation is 2. The van der Waals surface area contributed by atoms with Crippen molar-refractivity contribution in [1.82, 2.24) is 4.57 Å². The normalized spacial score (nSPS) is 12.7. The molecule has 0 spiro atoms. The first-order valence-electron chi connectivity index (χ1n) is 9.68. The van der Waals surface area contributed by atoms with Gasteiger partial charge in [-0.05, 0) is 56.2 Å². The van der Waals surface area contributed by atoms with E-state index < -0.39 is 22.0 Å². The number of anilines is 2. The molecule has 1 atom stereocenters. The van der Waals surface area contributed by atoms with Crippen LogP contribution in [0.25, 0.3) is 10.2 Å². The molecule has 160 valence electrons. The zero-order valence-corrected chi connectivity index (χ0v) is 19.0. The molecule has 0 aliphatic heterocycles. The van der Waals surface area contributed by atoms with Gasteiger partial charge in [0.1, 0.15) is 6.04 Å². The van der Waals surface area contributed by atoms with E-state index in [-0.39, 0.29) is 4.87 Å². The van der Waals surface area contributed by atoms with E-state index in [0.717, 1.165) is 44.1 Å². The topological polar surface area (TPSA) is 88.5 Å². The first-order valence-corrected chi connectivity index (χ1v) is 12.3. The lowest BCUT2D eigenvalue weighted by Crippen LogP contribution is -2.45. The summed E-state index contributed by atoms with van der Waals surface area (Å²) in [6.45, 7) is 6.04. The van der Waals surface area contributed by atoms with Gasteiger partial charge in [-0.25, -0.2) is 8.42 Å². The van der Waals surface area contributed by atoms with Crippen LogP contribution < -0.4 is 14.5 Å². The Morgan fingerprint density at radius 3 is 2.40 bits per heavy atom. The Balaban J connectivity index is 1.88. The second-order valence-corrected chi connectivity index (χ2v) is 9.89. The molecular weight excluding hydrogens is 422 g/mol. The van der Waals surface area contributed by atoms with Crippen molar-refractivity contribution < 1.29 is 13.2 Å². The highest BCUT2D eigenvalue weighted by Crippen LogP contribution is 2.24. The maximum absolute atomic E-state index is 12.9. The number of sulfonamides is 1. The number of hydrogen-bond donors (Lipinski definition) is 1. The van der Waals surface area contributed by atoms with Gasteiger partial charge in [-0.2, -0.15) is 0 Å². The van der Waals surface area contributed by atoms with Crippen molar-refractivity contribution in [3.8, 4) is 0 Å². The summed E-state index contributed by atoms with van der Waals surface area (Å²) in [5.41, 5.74) is 2.84. The number of amides is 1. The van der Waals surface area contributed by atoms with Crippen molar-refractivity contribution in [3.63, 3.8) is 0 Å². The smallest absolute Gasteiger partial charge is 0.308 e. The number of nitrogens with one attached hydrogen (secondary N) is 1. The lowest BCUT2D eigenvalue weighted by molar-refractivity contribution is -0.116. The fraction of sp³-hybridized carbons (Fsp3) is 0.333. The maximum atomic E-state index is 12.9. The molecule has 30 heavy (non-hydrogen) atoms. The molecule has 0 fully saturated rings. The molecule has 0 aliphatic carbocycles. The van der Waals surface area contributed by atoms with Crippen LogP contribution in [0.15, 0.2) is 47.3 Å². The molecule has 1 amide bonds. The molecule has 0 radical (unpaired) electrons. The fourth-order valence-electron chi connectivity index (χ4n) is 3.38. The van der Waals surface area contributed by atoms with Crippen molar-refractivity contribution in [2.24, 2.45) is 0 Å². The van der Waals surface area contributed by atoms with Crippen molar-refractivity contribution in [3.05, 3.63) is 57.7 Å². The lowest BCUT2D eigenvalue weighted by atomic mass is 10.1. The molecule has 2 aromatic carbocycles. The zero-order valence-electron chi connectivity index (χ0n) is 17.4. The molecule has 1 aromatic heterocycles. The number of carbonyl (C=O) groups is 1. The van der Waals surface area contributed by atoms with Crippen LogP contribution in [0.2, 0.25) is 0 Å². The van der Waals surface area contributed by atoms with Gasteiger partial charge in [0.2, 0.25) is 15.9 Å². The quantitative estimate of drug-likeness (QED) is 0.601. The molecule has 9 heteroatoms. The van der Waals surface area contributed by atoms with Gasteiger partial charge in [0.05, 0.1) is 22.2 Å². The number of hydrogen-bond acceptors (Lipinski definition) is 5. The Labute approximate surface area is 180 Å². The number of carbonyl (C=O) groups excluding carboxylic acids is 1. The van der Waals surface area contributed by atoms with Gasteiger partial charge in [-0.1, -0.05) is 30.4 Å². The second-order valence-electron chi connectivity index (χ2n) is 7.04. The van der Waals surface area contributed by atoms with Gasteiger partial charge in [-0.15, -0.1) is 0 Å². The molecule has 0 saturated heterocycles. The molecular formula is C21H25N3O4S2. The maximum Gasteiger partial charge on any atom is 0.308 e. The third-order valence-electron chi connectivity index (χ3n) is 4.94. The van der Waals surface area contributed by atoms with Crippen LogP contribution >= 0.6 is 11.3 Å². The van der Waals surface area contributed by atoms with E-state index in [4.69, 9.17) is 0 Å². The Morgan fingerprint density at radius 2 is 1.83 bits per heavy atom. The van der Waals surface area contributed by atoms with E-state index in [1.165, 1.54) is 0 Å². The van der Waals surface area contributed by atoms with Crippen molar-refractivity contribution in [2.45, 2.75) is 39.8 Å². The Kier molecular flexibility index (Phi) is 6.33. The molecule has 0 bridgehead atoms. The van der Waals surface area contributed by atoms with Gasteiger partial charge in [0, 0.05) is 12.2 Å². The Morgan fingerprint density at radius 1 is 1.17 bits per heavy atom. The van der Waals surface area contributed by atoms with Crippen LogP contribution in [0.1, 0.15) is 26.3 Å². The molecule has 0 aliphatic rings. The minimum atomic E-state index is -3.68. The SMILES string of the molecule is CCc1ccc(N([C@@H](C)C(=O)Nc2ccc3c(c2)sc(=O)n3CC)S(C)(=O)=O)cc1. The molecule has 1 N–H and O–H groups in total. The van der Waals surface area contributed by atoms with Gasteiger partial charge >= 0.3 is 4.87 Å². The number of nitrogens with zero attached hydrogens (tertiary/aromatic N) is 2.